The van der Waals surface area contributed by atoms with Gasteiger partial charge in [0.2, 0.25) is 0 Å². The van der Waals surface area contributed by atoms with E-state index in [0.29, 0.717) is 0 Å². The Morgan fingerprint density at radius 3 is 1.73 bits per heavy atom. The number of hydrogen-bond donors (Lipinski definition) is 0. The molecule has 1 nitrogen and oxygen atoms in total. The molecule has 2 fully saturated rings. The molecule has 0 aromatic rings. The molecule has 2 rings (SSSR count). The molecule has 1 atom stereocenters. The van der Waals surface area contributed by atoms with Crippen molar-refractivity contribution >= 4 is 0 Å². The highest BCUT2D eigenvalue weighted by Gasteiger charge is 2.24. The maximum absolute atomic E-state index is 2.42. The zero-order chi connectivity index (χ0) is 15.5. The van der Waals surface area contributed by atoms with Gasteiger partial charge in [-0.25, -0.2) is 0 Å². The second-order valence-electron chi connectivity index (χ2n) is 8.07. The molecular weight excluding hydrogens is 268 g/mol. The largest absolute Gasteiger partial charge is 0.412 e. The lowest BCUT2D eigenvalue weighted by atomic mass is 9.74. The second kappa shape index (κ2) is 13.4. The van der Waals surface area contributed by atoms with E-state index in [1.54, 1.807) is 0 Å². The Kier molecular flexibility index (Phi) is 13.4. The van der Waals surface area contributed by atoms with Crippen LogP contribution >= 0.6 is 0 Å². The van der Waals surface area contributed by atoms with E-state index < -0.39 is 0 Å². The summed E-state index contributed by atoms with van der Waals surface area (Å²) >= 11 is 0. The first-order chi connectivity index (χ1) is 10.2. The first-order valence-electron chi connectivity index (χ1n) is 10.2. The second-order valence-corrected chi connectivity index (χ2v) is 8.07. The summed E-state index contributed by atoms with van der Waals surface area (Å²) in [6.45, 7) is 9.48. The van der Waals surface area contributed by atoms with Crippen LogP contribution in [0.5, 0.6) is 0 Å². The van der Waals surface area contributed by atoms with Crippen molar-refractivity contribution in [2.75, 3.05) is 0 Å². The Morgan fingerprint density at radius 1 is 0.773 bits per heavy atom. The highest BCUT2D eigenvalue weighted by Crippen LogP contribution is 2.36. The van der Waals surface area contributed by atoms with Crippen LogP contribution in [0.3, 0.4) is 0 Å². The summed E-state index contributed by atoms with van der Waals surface area (Å²) in [7, 11) is 0. The molecule has 0 saturated heterocycles. The molecule has 134 valence electrons. The standard InChI is InChI=1S/C14H28.C7H14.H2O/c1-4-6-7-13(5-2)14-10-8-12(3)9-11-14;1-7-5-3-2-4-6-7;/h12-14H,4-11H2,1-3H3;7H,2-6H2,1H3;1H2/t12?,13-,14?;;/m1../s1. The van der Waals surface area contributed by atoms with Crippen LogP contribution in [0.1, 0.15) is 111 Å². The third kappa shape index (κ3) is 9.18. The molecule has 2 N–H and O–H groups in total. The van der Waals surface area contributed by atoms with Gasteiger partial charge in [-0.15, -0.1) is 0 Å². The maximum Gasteiger partial charge on any atom is -0.0386 e. The molecule has 22 heavy (non-hydrogen) atoms. The monoisotopic (exact) mass is 312 g/mol. The van der Waals surface area contributed by atoms with Crippen LogP contribution in [0, 0.1) is 23.7 Å². The predicted octanol–water partition coefficient (Wildman–Crippen LogP) is 6.79. The van der Waals surface area contributed by atoms with Crippen LogP contribution in [0.2, 0.25) is 0 Å². The van der Waals surface area contributed by atoms with E-state index in [4.69, 9.17) is 0 Å². The summed E-state index contributed by atoms with van der Waals surface area (Å²) in [5.74, 6) is 4.16. The van der Waals surface area contributed by atoms with Crippen LogP contribution in [0.15, 0.2) is 0 Å². The normalized spacial score (nSPS) is 27.3. The van der Waals surface area contributed by atoms with Crippen molar-refractivity contribution < 1.29 is 5.48 Å². The van der Waals surface area contributed by atoms with Crippen molar-refractivity contribution in [1.29, 1.82) is 0 Å². The first kappa shape index (κ1) is 22.0. The van der Waals surface area contributed by atoms with Crippen molar-refractivity contribution in [1.82, 2.24) is 0 Å². The van der Waals surface area contributed by atoms with Crippen molar-refractivity contribution in [2.24, 2.45) is 23.7 Å². The molecule has 0 aromatic carbocycles. The molecule has 0 aromatic heterocycles. The molecule has 0 aliphatic heterocycles. The van der Waals surface area contributed by atoms with E-state index in [0.717, 1.165) is 23.7 Å². The van der Waals surface area contributed by atoms with E-state index in [1.807, 2.05) is 0 Å². The minimum atomic E-state index is 0. The van der Waals surface area contributed by atoms with Gasteiger partial charge in [0, 0.05) is 0 Å². The van der Waals surface area contributed by atoms with E-state index in [1.165, 1.54) is 83.5 Å². The van der Waals surface area contributed by atoms with Crippen molar-refractivity contribution in [3.05, 3.63) is 0 Å². The molecule has 0 unspecified atom stereocenters. The summed E-state index contributed by atoms with van der Waals surface area (Å²) in [4.78, 5) is 0. The fraction of sp³-hybridized carbons (Fsp3) is 1.00. The predicted molar refractivity (Wildman–Crippen MR) is 100 cm³/mol. The Hall–Kier alpha value is -0.0400. The first-order valence-corrected chi connectivity index (χ1v) is 10.2. The summed E-state index contributed by atoms with van der Waals surface area (Å²) in [6, 6.07) is 0. The van der Waals surface area contributed by atoms with Crippen LogP contribution in [-0.2, 0) is 0 Å². The molecule has 0 bridgehead atoms. The average Bonchev–Trinajstić information content (AvgIpc) is 2.51. The molecule has 0 spiro atoms. The van der Waals surface area contributed by atoms with Gasteiger partial charge in [-0.1, -0.05) is 98.3 Å². The zero-order valence-corrected chi connectivity index (χ0v) is 16.0. The molecule has 0 amide bonds. The lowest BCUT2D eigenvalue weighted by molar-refractivity contribution is 0.196. The number of hydrogen-bond acceptors (Lipinski definition) is 0. The Bertz CT molecular complexity index is 221. The minimum absolute atomic E-state index is 0. The molecular formula is C21H44O. The fourth-order valence-corrected chi connectivity index (χ4v) is 4.30. The van der Waals surface area contributed by atoms with E-state index in [-0.39, 0.29) is 5.48 Å². The number of unbranched alkanes of at least 4 members (excludes halogenated alkanes) is 1. The lowest BCUT2D eigenvalue weighted by Gasteiger charge is -2.32. The molecule has 0 radical (unpaired) electrons. The summed E-state index contributed by atoms with van der Waals surface area (Å²) in [6.07, 6.45) is 19.2. The van der Waals surface area contributed by atoms with E-state index in [2.05, 4.69) is 27.7 Å². The van der Waals surface area contributed by atoms with Crippen LogP contribution < -0.4 is 0 Å². The molecule has 2 aliphatic carbocycles. The lowest BCUT2D eigenvalue weighted by Crippen LogP contribution is -2.20. The molecule has 0 heterocycles. The van der Waals surface area contributed by atoms with Gasteiger partial charge >= 0.3 is 0 Å². The fourth-order valence-electron chi connectivity index (χ4n) is 4.30. The molecule has 2 aliphatic rings. The quantitative estimate of drug-likeness (QED) is 0.535. The van der Waals surface area contributed by atoms with Gasteiger partial charge < -0.3 is 5.48 Å². The SMILES string of the molecule is CC1CCCCC1.CCCC[C@@H](CC)C1CCC(C)CC1.O. The minimum Gasteiger partial charge on any atom is -0.412 e. The zero-order valence-electron chi connectivity index (χ0n) is 16.0. The Morgan fingerprint density at radius 2 is 1.32 bits per heavy atom. The third-order valence-electron chi connectivity index (χ3n) is 6.07. The Labute approximate surface area is 141 Å². The highest BCUT2D eigenvalue weighted by molar-refractivity contribution is 4.75. The Balaban J connectivity index is 0.000000465. The van der Waals surface area contributed by atoms with E-state index >= 15 is 0 Å². The topological polar surface area (TPSA) is 31.5 Å². The summed E-state index contributed by atoms with van der Waals surface area (Å²) in [5.41, 5.74) is 0. The van der Waals surface area contributed by atoms with E-state index in [9.17, 15) is 0 Å². The van der Waals surface area contributed by atoms with Crippen molar-refractivity contribution in [2.45, 2.75) is 111 Å². The van der Waals surface area contributed by atoms with Gasteiger partial charge in [0.15, 0.2) is 0 Å². The van der Waals surface area contributed by atoms with Gasteiger partial charge in [0.25, 0.3) is 0 Å². The van der Waals surface area contributed by atoms with Gasteiger partial charge in [-0.05, 0) is 36.5 Å². The molecule has 2 saturated carbocycles. The smallest absolute Gasteiger partial charge is 0.0386 e. The molecule has 1 heteroatoms. The van der Waals surface area contributed by atoms with Crippen LogP contribution in [-0.4, -0.2) is 5.48 Å². The van der Waals surface area contributed by atoms with Gasteiger partial charge in [0.05, 0.1) is 0 Å². The van der Waals surface area contributed by atoms with Crippen molar-refractivity contribution in [3.63, 3.8) is 0 Å². The summed E-state index contributed by atoms with van der Waals surface area (Å²) in [5, 5.41) is 0. The maximum atomic E-state index is 2.42. The third-order valence-corrected chi connectivity index (χ3v) is 6.07. The van der Waals surface area contributed by atoms with Crippen LogP contribution in [0.25, 0.3) is 0 Å². The van der Waals surface area contributed by atoms with Crippen molar-refractivity contribution in [3.8, 4) is 0 Å². The van der Waals surface area contributed by atoms with Crippen LogP contribution in [0.4, 0.5) is 0 Å². The summed E-state index contributed by atoms with van der Waals surface area (Å²) < 4.78 is 0. The van der Waals surface area contributed by atoms with Gasteiger partial charge in [0.1, 0.15) is 0 Å². The average molecular weight is 313 g/mol. The van der Waals surface area contributed by atoms with Gasteiger partial charge in [-0.2, -0.15) is 0 Å². The van der Waals surface area contributed by atoms with Gasteiger partial charge in [-0.3, -0.25) is 0 Å². The number of rotatable bonds is 5. The highest BCUT2D eigenvalue weighted by atomic mass is 16.0.